The van der Waals surface area contributed by atoms with Crippen molar-refractivity contribution in [2.45, 2.75) is 30.3 Å². The Morgan fingerprint density at radius 3 is 2.65 bits per heavy atom. The fourth-order valence-corrected chi connectivity index (χ4v) is 4.13. The molecule has 4 N–H and O–H groups in total. The van der Waals surface area contributed by atoms with Crippen molar-refractivity contribution in [3.05, 3.63) is 16.7 Å². The van der Waals surface area contributed by atoms with Crippen LogP contribution in [0.15, 0.2) is 21.6 Å². The SMILES string of the molecule is CC1(O)CCN(S(=O)(=O)c2cc(Br)cnc2NN)CC1. The number of aromatic nitrogens is 1. The number of rotatable bonds is 3. The fraction of sp³-hybridized carbons (Fsp3) is 0.545. The maximum absolute atomic E-state index is 12.6. The molecule has 7 nitrogen and oxygen atoms in total. The second kappa shape index (κ2) is 5.57. The van der Waals surface area contributed by atoms with Crippen molar-refractivity contribution >= 4 is 31.8 Å². The molecule has 0 aliphatic carbocycles. The van der Waals surface area contributed by atoms with Gasteiger partial charge in [-0.3, -0.25) is 0 Å². The number of sulfonamides is 1. The standard InChI is InChI=1S/C11H17BrN4O3S/c1-11(17)2-4-16(5-3-11)20(18,19)9-6-8(12)7-14-10(9)15-13/h6-7,17H,2-5,13H2,1H3,(H,14,15). The van der Waals surface area contributed by atoms with Crippen molar-refractivity contribution in [3.8, 4) is 0 Å². The molecule has 9 heteroatoms. The number of nitrogens with zero attached hydrogens (tertiary/aromatic N) is 2. The molecular formula is C11H17BrN4O3S. The topological polar surface area (TPSA) is 109 Å². The zero-order valence-corrected chi connectivity index (χ0v) is 13.4. The van der Waals surface area contributed by atoms with Crippen molar-refractivity contribution in [1.29, 1.82) is 0 Å². The van der Waals surface area contributed by atoms with E-state index in [9.17, 15) is 13.5 Å². The molecule has 0 saturated carbocycles. The Morgan fingerprint density at radius 2 is 2.10 bits per heavy atom. The first kappa shape index (κ1) is 15.6. The molecule has 0 radical (unpaired) electrons. The third-order valence-electron chi connectivity index (χ3n) is 3.37. The van der Waals surface area contributed by atoms with E-state index in [2.05, 4.69) is 26.3 Å². The van der Waals surface area contributed by atoms with Crippen molar-refractivity contribution in [2.24, 2.45) is 5.84 Å². The van der Waals surface area contributed by atoms with E-state index in [0.717, 1.165) is 0 Å². The van der Waals surface area contributed by atoms with Gasteiger partial charge in [0.25, 0.3) is 0 Å². The zero-order chi connectivity index (χ0) is 15.0. The van der Waals surface area contributed by atoms with Crippen LogP contribution in [-0.2, 0) is 10.0 Å². The predicted molar refractivity (Wildman–Crippen MR) is 78.4 cm³/mol. The molecule has 112 valence electrons. The highest BCUT2D eigenvalue weighted by molar-refractivity contribution is 9.10. The molecule has 2 heterocycles. The summed E-state index contributed by atoms with van der Waals surface area (Å²) < 4.78 is 27.1. The van der Waals surface area contributed by atoms with E-state index >= 15 is 0 Å². The highest BCUT2D eigenvalue weighted by atomic mass is 79.9. The molecule has 1 aliphatic rings. The molecule has 0 aromatic carbocycles. The Hall–Kier alpha value is -0.740. The summed E-state index contributed by atoms with van der Waals surface area (Å²) in [6.07, 6.45) is 2.27. The van der Waals surface area contributed by atoms with Crippen LogP contribution >= 0.6 is 15.9 Å². The number of hydrogen-bond donors (Lipinski definition) is 3. The lowest BCUT2D eigenvalue weighted by atomic mass is 9.95. The quantitative estimate of drug-likeness (QED) is 0.537. The van der Waals surface area contributed by atoms with Crippen LogP contribution in [0.4, 0.5) is 5.82 Å². The number of hydrazine groups is 1. The van der Waals surface area contributed by atoms with E-state index in [4.69, 9.17) is 5.84 Å². The number of aliphatic hydroxyl groups is 1. The predicted octanol–water partition coefficient (Wildman–Crippen LogP) is 0.665. The van der Waals surface area contributed by atoms with E-state index in [1.54, 1.807) is 6.92 Å². The number of nitrogen functional groups attached to an aromatic ring is 1. The van der Waals surface area contributed by atoms with Crippen molar-refractivity contribution in [2.75, 3.05) is 18.5 Å². The molecule has 0 amide bonds. The van der Waals surface area contributed by atoms with Gasteiger partial charge in [-0.2, -0.15) is 4.31 Å². The summed E-state index contributed by atoms with van der Waals surface area (Å²) in [5, 5.41) is 9.90. The first-order valence-electron chi connectivity index (χ1n) is 6.11. The highest BCUT2D eigenvalue weighted by Gasteiger charge is 2.35. The van der Waals surface area contributed by atoms with Crippen molar-refractivity contribution < 1.29 is 13.5 Å². The zero-order valence-electron chi connectivity index (χ0n) is 11.0. The van der Waals surface area contributed by atoms with Gasteiger partial charge in [0.2, 0.25) is 10.0 Å². The number of hydrogen-bond acceptors (Lipinski definition) is 6. The first-order valence-corrected chi connectivity index (χ1v) is 8.34. The number of pyridine rings is 1. The van der Waals surface area contributed by atoms with Crippen LogP contribution in [-0.4, -0.2) is 41.5 Å². The highest BCUT2D eigenvalue weighted by Crippen LogP contribution is 2.29. The monoisotopic (exact) mass is 364 g/mol. The van der Waals surface area contributed by atoms with Gasteiger partial charge >= 0.3 is 0 Å². The number of anilines is 1. The molecule has 0 unspecified atom stereocenters. The Labute approximate surface area is 126 Å². The van der Waals surface area contributed by atoms with Crippen molar-refractivity contribution in [1.82, 2.24) is 9.29 Å². The molecule has 1 aromatic rings. The lowest BCUT2D eigenvalue weighted by Gasteiger charge is -2.35. The minimum absolute atomic E-state index is 0.0240. The molecule has 0 bridgehead atoms. The minimum Gasteiger partial charge on any atom is -0.390 e. The Balaban J connectivity index is 2.34. The summed E-state index contributed by atoms with van der Waals surface area (Å²) in [6.45, 7) is 2.25. The van der Waals surface area contributed by atoms with Crippen LogP contribution in [0.5, 0.6) is 0 Å². The molecular weight excluding hydrogens is 348 g/mol. The Morgan fingerprint density at radius 1 is 1.50 bits per heavy atom. The Bertz CT molecular complexity index is 596. The van der Waals surface area contributed by atoms with Crippen LogP contribution in [0, 0.1) is 0 Å². The number of piperidine rings is 1. The third-order valence-corrected chi connectivity index (χ3v) is 5.72. The van der Waals surface area contributed by atoms with Gasteiger partial charge < -0.3 is 10.5 Å². The van der Waals surface area contributed by atoms with E-state index in [0.29, 0.717) is 17.3 Å². The van der Waals surface area contributed by atoms with E-state index in [1.807, 2.05) is 0 Å². The van der Waals surface area contributed by atoms with Gasteiger partial charge in [-0.05, 0) is 41.8 Å². The Kier molecular flexibility index (Phi) is 4.35. The second-order valence-electron chi connectivity index (χ2n) is 5.05. The van der Waals surface area contributed by atoms with Crippen LogP contribution in [0.25, 0.3) is 0 Å². The molecule has 1 saturated heterocycles. The van der Waals surface area contributed by atoms with Gasteiger partial charge in [0.15, 0.2) is 5.82 Å². The summed E-state index contributed by atoms with van der Waals surface area (Å²) in [6, 6.07) is 1.46. The lowest BCUT2D eigenvalue weighted by Crippen LogP contribution is -2.45. The molecule has 2 rings (SSSR count). The van der Waals surface area contributed by atoms with Gasteiger partial charge in [-0.15, -0.1) is 0 Å². The summed E-state index contributed by atoms with van der Waals surface area (Å²) in [5.41, 5.74) is 1.49. The maximum atomic E-state index is 12.6. The molecule has 0 spiro atoms. The lowest BCUT2D eigenvalue weighted by molar-refractivity contribution is 0.0126. The summed E-state index contributed by atoms with van der Waals surface area (Å²) >= 11 is 3.21. The van der Waals surface area contributed by atoms with Crippen molar-refractivity contribution in [3.63, 3.8) is 0 Å². The summed E-state index contributed by atoms with van der Waals surface area (Å²) in [5.74, 6) is 5.42. The molecule has 1 aliphatic heterocycles. The van der Waals surface area contributed by atoms with E-state index < -0.39 is 15.6 Å². The fourth-order valence-electron chi connectivity index (χ4n) is 2.07. The number of nitrogens with one attached hydrogen (secondary N) is 1. The maximum Gasteiger partial charge on any atom is 0.246 e. The average molecular weight is 365 g/mol. The van der Waals surface area contributed by atoms with Crippen LogP contribution in [0.3, 0.4) is 0 Å². The number of halogens is 1. The summed E-state index contributed by atoms with van der Waals surface area (Å²) in [7, 11) is -3.69. The smallest absolute Gasteiger partial charge is 0.246 e. The second-order valence-corrected chi connectivity index (χ2v) is 7.87. The normalized spacial score (nSPS) is 19.8. The van der Waals surface area contributed by atoms with Crippen LogP contribution in [0.2, 0.25) is 0 Å². The molecule has 0 atom stereocenters. The summed E-state index contributed by atoms with van der Waals surface area (Å²) in [4.78, 5) is 3.97. The molecule has 1 fully saturated rings. The first-order chi connectivity index (χ1) is 9.26. The molecule has 20 heavy (non-hydrogen) atoms. The van der Waals surface area contributed by atoms with Gasteiger partial charge in [0.05, 0.1) is 5.60 Å². The van der Waals surface area contributed by atoms with Gasteiger partial charge in [0.1, 0.15) is 4.90 Å². The van der Waals surface area contributed by atoms with Crippen LogP contribution < -0.4 is 11.3 Å². The molecule has 1 aromatic heterocycles. The van der Waals surface area contributed by atoms with Crippen LogP contribution in [0.1, 0.15) is 19.8 Å². The van der Waals surface area contributed by atoms with E-state index in [-0.39, 0.29) is 23.8 Å². The minimum atomic E-state index is -3.69. The largest absolute Gasteiger partial charge is 0.390 e. The van der Waals surface area contributed by atoms with Gasteiger partial charge in [-0.25, -0.2) is 19.2 Å². The number of nitrogens with two attached hydrogens (primary N) is 1. The van der Waals surface area contributed by atoms with E-state index in [1.165, 1.54) is 16.6 Å². The average Bonchev–Trinajstić information content (AvgIpc) is 2.38. The third kappa shape index (κ3) is 3.12. The van der Waals surface area contributed by atoms with Gasteiger partial charge in [0, 0.05) is 23.8 Å². The van der Waals surface area contributed by atoms with Gasteiger partial charge in [-0.1, -0.05) is 0 Å².